The van der Waals surface area contributed by atoms with E-state index in [9.17, 15) is 14.4 Å². The molecule has 30 heavy (non-hydrogen) atoms. The van der Waals surface area contributed by atoms with Crippen molar-refractivity contribution in [3.05, 3.63) is 62.2 Å². The van der Waals surface area contributed by atoms with Crippen molar-refractivity contribution in [1.29, 1.82) is 0 Å². The Kier molecular flexibility index (Phi) is 7.06. The third-order valence-corrected chi connectivity index (χ3v) is 6.02. The van der Waals surface area contributed by atoms with Crippen LogP contribution >= 0.6 is 23.1 Å². The topological polar surface area (TPSA) is 127 Å². The van der Waals surface area contributed by atoms with Crippen LogP contribution in [-0.2, 0) is 11.3 Å². The molecule has 0 fully saturated rings. The Balaban J connectivity index is 1.97. The van der Waals surface area contributed by atoms with Crippen LogP contribution < -0.4 is 21.9 Å². The molecule has 2 heterocycles. The van der Waals surface area contributed by atoms with Gasteiger partial charge in [0.2, 0.25) is 5.91 Å². The third kappa shape index (κ3) is 5.16. The molecule has 3 aromatic rings. The quantitative estimate of drug-likeness (QED) is 0.505. The molecule has 11 heteroatoms. The molecule has 2 aromatic heterocycles. The first-order valence-corrected chi connectivity index (χ1v) is 11.1. The normalized spacial score (nSPS) is 11.0. The fourth-order valence-corrected chi connectivity index (χ4v) is 4.24. The Morgan fingerprint density at radius 1 is 1.30 bits per heavy atom. The van der Waals surface area contributed by atoms with Gasteiger partial charge in [-0.25, -0.2) is 4.79 Å². The van der Waals surface area contributed by atoms with Crippen LogP contribution in [0.25, 0.3) is 0 Å². The van der Waals surface area contributed by atoms with Gasteiger partial charge in [-0.1, -0.05) is 67.3 Å². The number of amides is 1. The summed E-state index contributed by atoms with van der Waals surface area (Å²) in [5.41, 5.74) is 7.37. The van der Waals surface area contributed by atoms with Gasteiger partial charge in [0.05, 0.1) is 12.3 Å². The van der Waals surface area contributed by atoms with E-state index in [1.165, 1.54) is 32.6 Å². The number of nitrogens with one attached hydrogen (secondary N) is 1. The first-order chi connectivity index (χ1) is 14.4. The molecular weight excluding hydrogens is 424 g/mol. The Bertz CT molecular complexity index is 1110. The van der Waals surface area contributed by atoms with E-state index in [0.717, 1.165) is 5.56 Å². The third-order valence-electron chi connectivity index (χ3n) is 4.18. The van der Waals surface area contributed by atoms with Crippen LogP contribution in [0.4, 0.5) is 11.5 Å². The van der Waals surface area contributed by atoms with E-state index in [2.05, 4.69) is 15.2 Å². The lowest BCUT2D eigenvalue weighted by Gasteiger charge is -2.26. The van der Waals surface area contributed by atoms with Crippen molar-refractivity contribution in [1.82, 2.24) is 19.7 Å². The van der Waals surface area contributed by atoms with Gasteiger partial charge in [0.25, 0.3) is 5.56 Å². The molecule has 0 aliphatic rings. The molecule has 0 bridgehead atoms. The van der Waals surface area contributed by atoms with Gasteiger partial charge in [-0.15, -0.1) is 10.2 Å². The SMILES string of the molecule is CC(C)CN(C(=O)CSc1nncs1)c1c(N)n(Cc2ccccc2)c(=O)[nH]c1=O. The standard InChI is InChI=1S/C19H22N6O3S2/c1-12(2)8-24(14(26)10-29-19-23-21-11-30-19)15-16(20)25(18(28)22-17(15)27)9-13-6-4-3-5-7-13/h3-7,11-12H,8-10,20H2,1-2H3,(H,22,27,28). The Labute approximate surface area is 181 Å². The van der Waals surface area contributed by atoms with E-state index < -0.39 is 11.2 Å². The highest BCUT2D eigenvalue weighted by atomic mass is 32.2. The van der Waals surface area contributed by atoms with Crippen molar-refractivity contribution >= 4 is 40.5 Å². The summed E-state index contributed by atoms with van der Waals surface area (Å²) in [5, 5.41) is 7.66. The monoisotopic (exact) mass is 446 g/mol. The summed E-state index contributed by atoms with van der Waals surface area (Å²) in [6.07, 6.45) is 0. The van der Waals surface area contributed by atoms with Crippen LogP contribution in [0.5, 0.6) is 0 Å². The number of benzene rings is 1. The zero-order valence-corrected chi connectivity index (χ0v) is 18.2. The zero-order chi connectivity index (χ0) is 21.7. The van der Waals surface area contributed by atoms with Crippen LogP contribution in [0.15, 0.2) is 49.8 Å². The van der Waals surface area contributed by atoms with Gasteiger partial charge < -0.3 is 10.6 Å². The predicted octanol–water partition coefficient (Wildman–Crippen LogP) is 1.80. The van der Waals surface area contributed by atoms with Crippen molar-refractivity contribution < 1.29 is 4.79 Å². The molecule has 0 saturated heterocycles. The fourth-order valence-electron chi connectivity index (χ4n) is 2.87. The lowest BCUT2D eigenvalue weighted by Crippen LogP contribution is -2.43. The van der Waals surface area contributed by atoms with Crippen molar-refractivity contribution in [3.63, 3.8) is 0 Å². The summed E-state index contributed by atoms with van der Waals surface area (Å²) in [5.74, 6) is -0.194. The summed E-state index contributed by atoms with van der Waals surface area (Å²) in [6, 6.07) is 9.27. The highest BCUT2D eigenvalue weighted by Crippen LogP contribution is 2.23. The number of nitrogens with two attached hydrogens (primary N) is 1. The van der Waals surface area contributed by atoms with Gasteiger partial charge in [-0.2, -0.15) is 0 Å². The molecule has 0 aliphatic carbocycles. The van der Waals surface area contributed by atoms with Crippen molar-refractivity contribution in [2.45, 2.75) is 24.7 Å². The average molecular weight is 447 g/mol. The second kappa shape index (κ2) is 9.72. The Morgan fingerprint density at radius 2 is 2.03 bits per heavy atom. The lowest BCUT2D eigenvalue weighted by atomic mass is 10.2. The van der Waals surface area contributed by atoms with Gasteiger partial charge in [0.15, 0.2) is 10.0 Å². The summed E-state index contributed by atoms with van der Waals surface area (Å²) < 4.78 is 1.92. The first kappa shape index (κ1) is 21.8. The maximum atomic E-state index is 13.0. The zero-order valence-electron chi connectivity index (χ0n) is 16.6. The number of hydrogen-bond donors (Lipinski definition) is 2. The minimum Gasteiger partial charge on any atom is -0.383 e. The van der Waals surface area contributed by atoms with Crippen molar-refractivity contribution in [3.8, 4) is 0 Å². The minimum atomic E-state index is -0.684. The van der Waals surface area contributed by atoms with E-state index in [1.54, 1.807) is 5.51 Å². The van der Waals surface area contributed by atoms with Gasteiger partial charge in [-0.3, -0.25) is 19.1 Å². The largest absolute Gasteiger partial charge is 0.383 e. The van der Waals surface area contributed by atoms with E-state index in [1.807, 2.05) is 44.2 Å². The molecule has 0 aliphatic heterocycles. The molecular formula is C19H22N6O3S2. The molecule has 0 unspecified atom stereocenters. The number of aromatic amines is 1. The first-order valence-electron chi connectivity index (χ1n) is 9.22. The molecule has 9 nitrogen and oxygen atoms in total. The van der Waals surface area contributed by atoms with Gasteiger partial charge >= 0.3 is 5.69 Å². The van der Waals surface area contributed by atoms with Gasteiger partial charge in [-0.05, 0) is 11.5 Å². The summed E-state index contributed by atoms with van der Waals surface area (Å²) in [7, 11) is 0. The number of aromatic nitrogens is 4. The number of anilines is 2. The smallest absolute Gasteiger partial charge is 0.330 e. The summed E-state index contributed by atoms with van der Waals surface area (Å²) >= 11 is 2.57. The number of H-pyrrole nitrogens is 1. The molecule has 158 valence electrons. The molecule has 0 atom stereocenters. The average Bonchev–Trinajstić information content (AvgIpc) is 3.22. The van der Waals surface area contributed by atoms with Crippen LogP contribution in [0.2, 0.25) is 0 Å². The number of nitrogen functional groups attached to an aromatic ring is 1. The van der Waals surface area contributed by atoms with Gasteiger partial charge in [0, 0.05) is 6.54 Å². The maximum Gasteiger partial charge on any atom is 0.330 e. The van der Waals surface area contributed by atoms with Crippen LogP contribution in [0, 0.1) is 5.92 Å². The second-order valence-corrected chi connectivity index (χ2v) is 9.01. The Morgan fingerprint density at radius 3 is 2.67 bits per heavy atom. The summed E-state index contributed by atoms with van der Waals surface area (Å²) in [4.78, 5) is 41.7. The van der Waals surface area contributed by atoms with E-state index in [4.69, 9.17) is 5.73 Å². The Hall–Kier alpha value is -2.92. The van der Waals surface area contributed by atoms with E-state index >= 15 is 0 Å². The molecule has 3 rings (SSSR count). The highest BCUT2D eigenvalue weighted by molar-refractivity contribution is 8.01. The van der Waals surface area contributed by atoms with E-state index in [-0.39, 0.29) is 42.2 Å². The van der Waals surface area contributed by atoms with Crippen LogP contribution in [0.1, 0.15) is 19.4 Å². The van der Waals surface area contributed by atoms with E-state index in [0.29, 0.717) is 4.34 Å². The number of rotatable bonds is 8. The second-order valence-electron chi connectivity index (χ2n) is 6.96. The van der Waals surface area contributed by atoms with Crippen LogP contribution in [0.3, 0.4) is 0 Å². The van der Waals surface area contributed by atoms with Crippen molar-refractivity contribution in [2.75, 3.05) is 22.9 Å². The molecule has 1 amide bonds. The minimum absolute atomic E-state index is 0.0119. The number of carbonyl (C=O) groups excluding carboxylic acids is 1. The molecule has 0 spiro atoms. The lowest BCUT2D eigenvalue weighted by molar-refractivity contribution is -0.116. The molecule has 0 saturated carbocycles. The maximum absolute atomic E-state index is 13.0. The number of nitrogens with zero attached hydrogens (tertiary/aromatic N) is 4. The van der Waals surface area contributed by atoms with Crippen LogP contribution in [-0.4, -0.2) is 38.0 Å². The molecule has 3 N–H and O–H groups in total. The predicted molar refractivity (Wildman–Crippen MR) is 119 cm³/mol. The molecule has 0 radical (unpaired) electrons. The summed E-state index contributed by atoms with van der Waals surface area (Å²) in [6.45, 7) is 4.33. The number of hydrogen-bond acceptors (Lipinski definition) is 8. The van der Waals surface area contributed by atoms with Crippen molar-refractivity contribution in [2.24, 2.45) is 5.92 Å². The molecule has 1 aromatic carbocycles. The van der Waals surface area contributed by atoms with Gasteiger partial charge in [0.1, 0.15) is 11.3 Å². The number of carbonyl (C=O) groups is 1. The number of thioether (sulfide) groups is 1. The highest BCUT2D eigenvalue weighted by Gasteiger charge is 2.25. The fraction of sp³-hybridized carbons (Fsp3) is 0.316.